The second-order valence-electron chi connectivity index (χ2n) is 5.54. The zero-order chi connectivity index (χ0) is 16.8. The van der Waals surface area contributed by atoms with Crippen LogP contribution in [0.2, 0.25) is 10.0 Å². The van der Waals surface area contributed by atoms with Crippen LogP contribution in [0.15, 0.2) is 36.4 Å². The number of hydrogen-bond acceptors (Lipinski definition) is 2. The monoisotopic (exact) mass is 355 g/mol. The number of methoxy groups -OCH3 is 1. The highest BCUT2D eigenvalue weighted by Gasteiger charge is 2.07. The summed E-state index contributed by atoms with van der Waals surface area (Å²) in [7, 11) is 1.46. The van der Waals surface area contributed by atoms with Crippen molar-refractivity contribution in [1.29, 1.82) is 0 Å². The number of benzene rings is 2. The molecule has 2 aromatic carbocycles. The van der Waals surface area contributed by atoms with E-state index in [0.29, 0.717) is 22.6 Å². The summed E-state index contributed by atoms with van der Waals surface area (Å²) in [6.07, 6.45) is 1.86. The van der Waals surface area contributed by atoms with Crippen LogP contribution < -0.4 is 10.1 Å². The summed E-state index contributed by atoms with van der Waals surface area (Å²) in [6.45, 7) is 2.72. The highest BCUT2D eigenvalue weighted by molar-refractivity contribution is 6.42. The summed E-state index contributed by atoms with van der Waals surface area (Å²) in [5.74, 6) is -0.0725. The normalized spacial score (nSPS) is 12.2. The van der Waals surface area contributed by atoms with Crippen LogP contribution in [0.25, 0.3) is 0 Å². The van der Waals surface area contributed by atoms with Crippen molar-refractivity contribution in [3.8, 4) is 5.75 Å². The molecule has 124 valence electrons. The summed E-state index contributed by atoms with van der Waals surface area (Å²) in [4.78, 5) is 0. The number of rotatable bonds is 7. The van der Waals surface area contributed by atoms with Crippen LogP contribution in [-0.2, 0) is 13.0 Å². The molecule has 0 amide bonds. The SMILES string of the molecule is COc1ccc(CNC(C)CCc2ccc(Cl)c(Cl)c2)cc1F. The van der Waals surface area contributed by atoms with Crippen molar-refractivity contribution in [2.45, 2.75) is 32.4 Å². The van der Waals surface area contributed by atoms with Gasteiger partial charge in [-0.15, -0.1) is 0 Å². The molecule has 0 aliphatic heterocycles. The fourth-order valence-electron chi connectivity index (χ4n) is 2.29. The average molecular weight is 356 g/mol. The highest BCUT2D eigenvalue weighted by Crippen LogP contribution is 2.23. The zero-order valence-corrected chi connectivity index (χ0v) is 14.7. The molecule has 0 saturated carbocycles. The summed E-state index contributed by atoms with van der Waals surface area (Å²) in [6, 6.07) is 11.0. The van der Waals surface area contributed by atoms with E-state index in [-0.39, 0.29) is 11.6 Å². The first-order chi connectivity index (χ1) is 11.0. The Hall–Kier alpha value is -1.29. The van der Waals surface area contributed by atoms with Gasteiger partial charge in [0.05, 0.1) is 17.2 Å². The minimum absolute atomic E-state index is 0.265. The summed E-state index contributed by atoms with van der Waals surface area (Å²) in [5.41, 5.74) is 2.05. The van der Waals surface area contributed by atoms with Crippen LogP contribution in [0.3, 0.4) is 0 Å². The van der Waals surface area contributed by atoms with Crippen LogP contribution in [0.5, 0.6) is 5.75 Å². The van der Waals surface area contributed by atoms with E-state index in [0.717, 1.165) is 24.0 Å². The van der Waals surface area contributed by atoms with Gasteiger partial charge in [0, 0.05) is 12.6 Å². The Bertz CT molecular complexity index is 663. The lowest BCUT2D eigenvalue weighted by atomic mass is 10.1. The van der Waals surface area contributed by atoms with Crippen LogP contribution in [-0.4, -0.2) is 13.2 Å². The molecule has 0 aromatic heterocycles. The Kier molecular flexibility index (Phi) is 6.70. The van der Waals surface area contributed by atoms with E-state index < -0.39 is 0 Å². The van der Waals surface area contributed by atoms with Gasteiger partial charge in [0.1, 0.15) is 0 Å². The molecule has 0 heterocycles. The third kappa shape index (κ3) is 5.38. The van der Waals surface area contributed by atoms with Crippen LogP contribution in [0.4, 0.5) is 4.39 Å². The number of nitrogens with one attached hydrogen (secondary N) is 1. The molecule has 0 fully saturated rings. The maximum atomic E-state index is 13.6. The van der Waals surface area contributed by atoms with E-state index in [4.69, 9.17) is 27.9 Å². The van der Waals surface area contributed by atoms with Gasteiger partial charge in [-0.2, -0.15) is 0 Å². The van der Waals surface area contributed by atoms with Gasteiger partial charge in [-0.25, -0.2) is 4.39 Å². The molecule has 2 aromatic rings. The summed E-state index contributed by atoms with van der Waals surface area (Å²) < 4.78 is 18.6. The molecule has 0 aliphatic carbocycles. The molecule has 1 unspecified atom stereocenters. The maximum Gasteiger partial charge on any atom is 0.165 e. The molecule has 2 nitrogen and oxygen atoms in total. The number of halogens is 3. The van der Waals surface area contributed by atoms with Crippen LogP contribution in [0, 0.1) is 5.82 Å². The van der Waals surface area contributed by atoms with Crippen molar-refractivity contribution in [3.05, 3.63) is 63.4 Å². The van der Waals surface area contributed by atoms with Crippen molar-refractivity contribution >= 4 is 23.2 Å². The first kappa shape index (κ1) is 18.1. The minimum Gasteiger partial charge on any atom is -0.494 e. The molecule has 5 heteroatoms. The van der Waals surface area contributed by atoms with Gasteiger partial charge in [0.15, 0.2) is 11.6 Å². The van der Waals surface area contributed by atoms with Gasteiger partial charge >= 0.3 is 0 Å². The first-order valence-electron chi connectivity index (χ1n) is 7.49. The van der Waals surface area contributed by atoms with Crippen molar-refractivity contribution < 1.29 is 9.13 Å². The summed E-state index contributed by atoms with van der Waals surface area (Å²) >= 11 is 11.9. The predicted octanol–water partition coefficient (Wildman–Crippen LogP) is 5.25. The van der Waals surface area contributed by atoms with E-state index in [2.05, 4.69) is 12.2 Å². The molecule has 0 bridgehead atoms. The quantitative estimate of drug-likeness (QED) is 0.731. The van der Waals surface area contributed by atoms with Crippen molar-refractivity contribution in [2.75, 3.05) is 7.11 Å². The molecular weight excluding hydrogens is 336 g/mol. The third-order valence-electron chi connectivity index (χ3n) is 3.72. The van der Waals surface area contributed by atoms with E-state index in [1.54, 1.807) is 6.07 Å². The largest absolute Gasteiger partial charge is 0.494 e. The van der Waals surface area contributed by atoms with Crippen molar-refractivity contribution in [3.63, 3.8) is 0 Å². The Labute approximate surface area is 146 Å². The van der Waals surface area contributed by atoms with Gasteiger partial charge in [-0.05, 0) is 55.2 Å². The zero-order valence-electron chi connectivity index (χ0n) is 13.2. The van der Waals surface area contributed by atoms with E-state index >= 15 is 0 Å². The average Bonchev–Trinajstić information content (AvgIpc) is 2.54. The number of hydrogen-bond donors (Lipinski definition) is 1. The first-order valence-corrected chi connectivity index (χ1v) is 8.25. The molecule has 0 spiro atoms. The van der Waals surface area contributed by atoms with Gasteiger partial charge in [0.2, 0.25) is 0 Å². The topological polar surface area (TPSA) is 21.3 Å². The Morgan fingerprint density at radius 1 is 1.09 bits per heavy atom. The van der Waals surface area contributed by atoms with Gasteiger partial charge in [0.25, 0.3) is 0 Å². The lowest BCUT2D eigenvalue weighted by Gasteiger charge is -2.14. The fourth-order valence-corrected chi connectivity index (χ4v) is 2.61. The van der Waals surface area contributed by atoms with Gasteiger partial charge in [-0.3, -0.25) is 0 Å². The smallest absolute Gasteiger partial charge is 0.165 e. The lowest BCUT2D eigenvalue weighted by molar-refractivity contribution is 0.386. The highest BCUT2D eigenvalue weighted by atomic mass is 35.5. The molecule has 1 atom stereocenters. The van der Waals surface area contributed by atoms with E-state index in [1.807, 2.05) is 24.3 Å². The van der Waals surface area contributed by atoms with Crippen molar-refractivity contribution in [1.82, 2.24) is 5.32 Å². The molecule has 0 saturated heterocycles. The third-order valence-corrected chi connectivity index (χ3v) is 4.46. The maximum absolute atomic E-state index is 13.6. The van der Waals surface area contributed by atoms with E-state index in [1.165, 1.54) is 13.2 Å². The van der Waals surface area contributed by atoms with E-state index in [9.17, 15) is 4.39 Å². The molecular formula is C18H20Cl2FNO. The second-order valence-corrected chi connectivity index (χ2v) is 6.35. The van der Waals surface area contributed by atoms with Gasteiger partial charge in [-0.1, -0.05) is 35.3 Å². The van der Waals surface area contributed by atoms with Crippen LogP contribution >= 0.6 is 23.2 Å². The Morgan fingerprint density at radius 3 is 2.48 bits per heavy atom. The lowest BCUT2D eigenvalue weighted by Crippen LogP contribution is -2.26. The molecule has 0 radical (unpaired) electrons. The number of aryl methyl sites for hydroxylation is 1. The molecule has 1 N–H and O–H groups in total. The molecule has 0 aliphatic rings. The summed E-state index contributed by atoms with van der Waals surface area (Å²) in [5, 5.41) is 4.55. The second kappa shape index (κ2) is 8.53. The van der Waals surface area contributed by atoms with Crippen molar-refractivity contribution in [2.24, 2.45) is 0 Å². The predicted molar refractivity (Wildman–Crippen MR) is 94.0 cm³/mol. The standard InChI is InChI=1S/C18H20Cl2FNO/c1-12(3-4-13-5-7-15(19)16(20)9-13)22-11-14-6-8-18(23-2)17(21)10-14/h5-10,12,22H,3-4,11H2,1-2H3. The molecule has 23 heavy (non-hydrogen) atoms. The fraction of sp³-hybridized carbons (Fsp3) is 0.333. The Balaban J connectivity index is 1.81. The van der Waals surface area contributed by atoms with Crippen LogP contribution in [0.1, 0.15) is 24.5 Å². The molecule has 2 rings (SSSR count). The van der Waals surface area contributed by atoms with Gasteiger partial charge < -0.3 is 10.1 Å². The Morgan fingerprint density at radius 2 is 1.83 bits per heavy atom. The minimum atomic E-state index is -0.338. The number of ether oxygens (including phenoxy) is 1.